The van der Waals surface area contributed by atoms with E-state index in [4.69, 9.17) is 14.0 Å². The summed E-state index contributed by atoms with van der Waals surface area (Å²) in [7, 11) is 1.55. The van der Waals surface area contributed by atoms with Crippen molar-refractivity contribution in [1.82, 2.24) is 10.1 Å². The van der Waals surface area contributed by atoms with Crippen molar-refractivity contribution in [1.29, 1.82) is 0 Å². The number of nitrogens with one attached hydrogen (secondary N) is 1. The molecular weight excluding hydrogens is 394 g/mol. The number of carbonyl (C=O) groups excluding carboxylic acids is 1. The van der Waals surface area contributed by atoms with Crippen LogP contribution in [-0.2, 0) is 4.79 Å². The van der Waals surface area contributed by atoms with Gasteiger partial charge in [0.25, 0.3) is 11.8 Å². The second-order valence-electron chi connectivity index (χ2n) is 6.82. The Morgan fingerprint density at radius 2 is 1.68 bits per heavy atom. The fourth-order valence-electron chi connectivity index (χ4n) is 3.00. The van der Waals surface area contributed by atoms with Gasteiger partial charge in [0.2, 0.25) is 5.82 Å². The summed E-state index contributed by atoms with van der Waals surface area (Å²) < 4.78 is 16.4. The number of hydrogen-bond donors (Lipinski definition) is 1. The number of carbonyl (C=O) groups is 1. The average Bonchev–Trinajstić information content (AvgIpc) is 3.29. The van der Waals surface area contributed by atoms with Crippen LogP contribution in [0.15, 0.2) is 77.3 Å². The zero-order chi connectivity index (χ0) is 21.6. The quantitative estimate of drug-likeness (QED) is 0.469. The molecule has 0 fully saturated rings. The van der Waals surface area contributed by atoms with Crippen molar-refractivity contribution in [2.24, 2.45) is 0 Å². The first-order valence-corrected chi connectivity index (χ1v) is 9.70. The summed E-state index contributed by atoms with van der Waals surface area (Å²) in [5.41, 5.74) is 3.19. The topological polar surface area (TPSA) is 86.5 Å². The van der Waals surface area contributed by atoms with Gasteiger partial charge in [-0.1, -0.05) is 59.3 Å². The SMILES string of the molecule is COc1ccccc1NC(=O)COc1ccccc1-c1nc(-c2ccc(C)cc2)no1. The molecule has 3 aromatic carbocycles. The van der Waals surface area contributed by atoms with E-state index in [-0.39, 0.29) is 12.5 Å². The molecule has 31 heavy (non-hydrogen) atoms. The summed E-state index contributed by atoms with van der Waals surface area (Å²) in [5.74, 6) is 1.53. The van der Waals surface area contributed by atoms with E-state index < -0.39 is 0 Å². The molecule has 0 unspecified atom stereocenters. The monoisotopic (exact) mass is 415 g/mol. The van der Waals surface area contributed by atoms with E-state index in [9.17, 15) is 4.79 Å². The molecule has 0 saturated carbocycles. The van der Waals surface area contributed by atoms with Gasteiger partial charge >= 0.3 is 0 Å². The van der Waals surface area contributed by atoms with Crippen LogP contribution in [-0.4, -0.2) is 29.8 Å². The normalized spacial score (nSPS) is 10.5. The zero-order valence-electron chi connectivity index (χ0n) is 17.2. The molecule has 0 aliphatic carbocycles. The summed E-state index contributed by atoms with van der Waals surface area (Å²) >= 11 is 0. The predicted octanol–water partition coefficient (Wildman–Crippen LogP) is 4.74. The maximum atomic E-state index is 12.4. The highest BCUT2D eigenvalue weighted by atomic mass is 16.5. The molecule has 7 nitrogen and oxygen atoms in total. The molecule has 0 saturated heterocycles. The van der Waals surface area contributed by atoms with Crippen LogP contribution in [0, 0.1) is 6.92 Å². The van der Waals surface area contributed by atoms with Crippen molar-refractivity contribution in [2.45, 2.75) is 6.92 Å². The molecule has 0 bridgehead atoms. The van der Waals surface area contributed by atoms with Crippen LogP contribution < -0.4 is 14.8 Å². The van der Waals surface area contributed by atoms with E-state index in [2.05, 4.69) is 15.5 Å². The Morgan fingerprint density at radius 1 is 0.968 bits per heavy atom. The number of amides is 1. The minimum Gasteiger partial charge on any atom is -0.495 e. The second kappa shape index (κ2) is 9.13. The van der Waals surface area contributed by atoms with Crippen LogP contribution >= 0.6 is 0 Å². The van der Waals surface area contributed by atoms with Crippen LogP contribution in [0.3, 0.4) is 0 Å². The summed E-state index contributed by atoms with van der Waals surface area (Å²) in [6.07, 6.45) is 0. The van der Waals surface area contributed by atoms with Crippen molar-refractivity contribution in [2.75, 3.05) is 19.0 Å². The minimum absolute atomic E-state index is 0.186. The lowest BCUT2D eigenvalue weighted by Crippen LogP contribution is -2.20. The highest BCUT2D eigenvalue weighted by Gasteiger charge is 2.16. The van der Waals surface area contributed by atoms with Crippen molar-refractivity contribution in [3.8, 4) is 34.3 Å². The fraction of sp³-hybridized carbons (Fsp3) is 0.125. The van der Waals surface area contributed by atoms with Crippen molar-refractivity contribution >= 4 is 11.6 Å². The Hall–Kier alpha value is -4.13. The van der Waals surface area contributed by atoms with Crippen molar-refractivity contribution in [3.63, 3.8) is 0 Å². The van der Waals surface area contributed by atoms with Gasteiger partial charge in [-0.25, -0.2) is 0 Å². The summed E-state index contributed by atoms with van der Waals surface area (Å²) in [5, 5.41) is 6.85. The molecule has 1 amide bonds. The van der Waals surface area contributed by atoms with Crippen LogP contribution in [0.5, 0.6) is 11.5 Å². The first-order chi connectivity index (χ1) is 15.1. The van der Waals surface area contributed by atoms with Gasteiger partial charge in [0.15, 0.2) is 6.61 Å². The number of aromatic nitrogens is 2. The summed E-state index contributed by atoms with van der Waals surface area (Å²) in [6, 6.07) is 22.2. The van der Waals surface area contributed by atoms with E-state index in [0.717, 1.165) is 11.1 Å². The average molecular weight is 415 g/mol. The molecule has 4 aromatic rings. The van der Waals surface area contributed by atoms with Crippen LogP contribution in [0.2, 0.25) is 0 Å². The number of anilines is 1. The Bertz CT molecular complexity index is 1190. The Balaban J connectivity index is 1.48. The smallest absolute Gasteiger partial charge is 0.262 e. The molecular formula is C24H21N3O4. The Morgan fingerprint density at radius 3 is 2.45 bits per heavy atom. The molecule has 1 aromatic heterocycles. The van der Waals surface area contributed by atoms with E-state index in [1.165, 1.54) is 0 Å². The first-order valence-electron chi connectivity index (χ1n) is 9.70. The highest BCUT2D eigenvalue weighted by Crippen LogP contribution is 2.30. The lowest BCUT2D eigenvalue weighted by molar-refractivity contribution is -0.118. The fourth-order valence-corrected chi connectivity index (χ4v) is 3.00. The number of ether oxygens (including phenoxy) is 2. The molecule has 4 rings (SSSR count). The van der Waals surface area contributed by atoms with Gasteiger partial charge in [-0.2, -0.15) is 4.98 Å². The number of nitrogens with zero attached hydrogens (tertiary/aromatic N) is 2. The third kappa shape index (κ3) is 4.72. The standard InChI is InChI=1S/C24H21N3O4/c1-16-11-13-17(14-12-16)23-26-24(31-27-23)18-7-3-5-9-20(18)30-15-22(28)25-19-8-4-6-10-21(19)29-2/h3-14H,15H2,1-2H3,(H,25,28). The second-order valence-corrected chi connectivity index (χ2v) is 6.82. The van der Waals surface area contributed by atoms with Crippen molar-refractivity contribution < 1.29 is 18.8 Å². The highest BCUT2D eigenvalue weighted by molar-refractivity contribution is 5.93. The first kappa shape index (κ1) is 20.2. The largest absolute Gasteiger partial charge is 0.495 e. The Labute approximate surface area is 179 Å². The summed E-state index contributed by atoms with van der Waals surface area (Å²) in [6.45, 7) is 1.83. The molecule has 0 radical (unpaired) electrons. The molecule has 0 spiro atoms. The Kier molecular flexibility index (Phi) is 5.93. The third-order valence-corrected chi connectivity index (χ3v) is 4.59. The summed E-state index contributed by atoms with van der Waals surface area (Å²) in [4.78, 5) is 16.9. The lowest BCUT2D eigenvalue weighted by atomic mass is 10.1. The zero-order valence-corrected chi connectivity index (χ0v) is 17.2. The van der Waals surface area contributed by atoms with Gasteiger partial charge < -0.3 is 19.3 Å². The molecule has 1 heterocycles. The predicted molar refractivity (Wildman–Crippen MR) is 117 cm³/mol. The number of rotatable bonds is 7. The van der Waals surface area contributed by atoms with Crippen LogP contribution in [0.1, 0.15) is 5.56 Å². The third-order valence-electron chi connectivity index (χ3n) is 4.59. The van der Waals surface area contributed by atoms with Gasteiger partial charge in [-0.05, 0) is 31.2 Å². The van der Waals surface area contributed by atoms with Gasteiger partial charge in [-0.15, -0.1) is 0 Å². The molecule has 0 aliphatic heterocycles. The maximum absolute atomic E-state index is 12.4. The molecule has 0 aliphatic rings. The molecule has 156 valence electrons. The van der Waals surface area contributed by atoms with Gasteiger partial charge in [-0.3, -0.25) is 4.79 Å². The van der Waals surface area contributed by atoms with Gasteiger partial charge in [0, 0.05) is 5.56 Å². The van der Waals surface area contributed by atoms with Crippen LogP contribution in [0.25, 0.3) is 22.8 Å². The maximum Gasteiger partial charge on any atom is 0.262 e. The minimum atomic E-state index is -0.315. The van der Waals surface area contributed by atoms with E-state index in [0.29, 0.717) is 34.5 Å². The van der Waals surface area contributed by atoms with E-state index in [1.807, 2.05) is 55.5 Å². The number of para-hydroxylation sites is 3. The number of benzene rings is 3. The molecule has 0 atom stereocenters. The number of hydrogen-bond acceptors (Lipinski definition) is 6. The van der Waals surface area contributed by atoms with Crippen LogP contribution in [0.4, 0.5) is 5.69 Å². The molecule has 1 N–H and O–H groups in total. The van der Waals surface area contributed by atoms with Gasteiger partial charge in [0.1, 0.15) is 11.5 Å². The van der Waals surface area contributed by atoms with Gasteiger partial charge in [0.05, 0.1) is 18.4 Å². The van der Waals surface area contributed by atoms with E-state index >= 15 is 0 Å². The lowest BCUT2D eigenvalue weighted by Gasteiger charge is -2.11. The number of methoxy groups -OCH3 is 1. The van der Waals surface area contributed by atoms with Crippen molar-refractivity contribution in [3.05, 3.63) is 78.4 Å². The molecule has 7 heteroatoms. The number of aryl methyl sites for hydroxylation is 1. The van der Waals surface area contributed by atoms with E-state index in [1.54, 1.807) is 31.4 Å².